The molecule has 4 aromatic rings. The molecule has 0 saturated heterocycles. The van der Waals surface area contributed by atoms with Crippen LogP contribution in [-0.2, 0) is 0 Å². The summed E-state index contributed by atoms with van der Waals surface area (Å²) in [6.07, 6.45) is 2.04. The third-order valence-corrected chi connectivity index (χ3v) is 5.74. The number of hydrogen-bond donors (Lipinski definition) is 1. The zero-order valence-corrected chi connectivity index (χ0v) is 15.9. The molecule has 0 atom stereocenters. The number of hydrogen-bond acceptors (Lipinski definition) is 9. The Labute approximate surface area is 162 Å². The molecule has 9 heteroatoms. The number of thiazole rings is 1. The van der Waals surface area contributed by atoms with Crippen molar-refractivity contribution in [2.45, 2.75) is 4.90 Å². The third-order valence-electron chi connectivity index (χ3n) is 4.03. The largest absolute Gasteiger partial charge is 0.486 e. The molecule has 0 amide bonds. The molecular weight excluding hydrogens is 384 g/mol. The van der Waals surface area contributed by atoms with E-state index >= 15 is 0 Å². The second-order valence-corrected chi connectivity index (χ2v) is 7.60. The number of thioether (sulfide) groups is 1. The van der Waals surface area contributed by atoms with Crippen LogP contribution in [0.2, 0.25) is 0 Å². The quantitative estimate of drug-likeness (QED) is 0.500. The van der Waals surface area contributed by atoms with Gasteiger partial charge in [0.25, 0.3) is 0 Å². The molecule has 1 aliphatic heterocycles. The van der Waals surface area contributed by atoms with E-state index in [2.05, 4.69) is 26.6 Å². The van der Waals surface area contributed by atoms with Crippen molar-refractivity contribution in [1.82, 2.24) is 15.2 Å². The normalized spacial score (nSPS) is 13.1. The van der Waals surface area contributed by atoms with Crippen LogP contribution in [0.3, 0.4) is 0 Å². The minimum atomic E-state index is 0.296. The van der Waals surface area contributed by atoms with Crippen LogP contribution in [0.5, 0.6) is 11.5 Å². The highest BCUT2D eigenvalue weighted by Crippen LogP contribution is 2.36. The summed E-state index contributed by atoms with van der Waals surface area (Å²) in [7, 11) is 0. The molecule has 136 valence electrons. The standard InChI is InChI=1S/C18H14N4O3S2/c1-26-13-3-2-4-14-15(13)19-18(27-14)20-17-22-21-16(25-17)10-5-6-11-12(9-10)24-8-7-23-11/h2-6,9H,7-8H2,1H3,(H,19,20,22). The predicted molar refractivity (Wildman–Crippen MR) is 105 cm³/mol. The van der Waals surface area contributed by atoms with Crippen LogP contribution in [0.25, 0.3) is 21.7 Å². The fraction of sp³-hybridized carbons (Fsp3) is 0.167. The first-order chi connectivity index (χ1) is 13.3. The molecule has 2 aromatic carbocycles. The number of ether oxygens (including phenoxy) is 2. The smallest absolute Gasteiger partial charge is 0.322 e. The summed E-state index contributed by atoms with van der Waals surface area (Å²) < 4.78 is 18.0. The molecule has 7 nitrogen and oxygen atoms in total. The van der Waals surface area contributed by atoms with Crippen molar-refractivity contribution in [3.63, 3.8) is 0 Å². The maximum atomic E-state index is 5.75. The van der Waals surface area contributed by atoms with E-state index in [1.54, 1.807) is 23.1 Å². The van der Waals surface area contributed by atoms with Crippen molar-refractivity contribution < 1.29 is 13.9 Å². The molecule has 0 aliphatic carbocycles. The van der Waals surface area contributed by atoms with Gasteiger partial charge in [0.05, 0.1) is 10.2 Å². The Hall–Kier alpha value is -2.78. The van der Waals surface area contributed by atoms with Gasteiger partial charge in [-0.3, -0.25) is 5.32 Å². The van der Waals surface area contributed by atoms with Crippen LogP contribution in [0.15, 0.2) is 45.7 Å². The van der Waals surface area contributed by atoms with Gasteiger partial charge in [-0.25, -0.2) is 4.98 Å². The van der Waals surface area contributed by atoms with Crippen molar-refractivity contribution in [3.05, 3.63) is 36.4 Å². The topological polar surface area (TPSA) is 82.3 Å². The zero-order chi connectivity index (χ0) is 18.2. The lowest BCUT2D eigenvalue weighted by Gasteiger charge is -2.18. The Morgan fingerprint density at radius 1 is 1.07 bits per heavy atom. The summed E-state index contributed by atoms with van der Waals surface area (Å²) in [6, 6.07) is 12.0. The van der Waals surface area contributed by atoms with Crippen LogP contribution >= 0.6 is 23.1 Å². The SMILES string of the molecule is CSc1cccc2sc(Nc3nnc(-c4ccc5c(c4)OCCO5)o3)nc12. The van der Waals surface area contributed by atoms with Gasteiger partial charge in [-0.1, -0.05) is 22.5 Å². The van der Waals surface area contributed by atoms with E-state index in [9.17, 15) is 0 Å². The van der Waals surface area contributed by atoms with E-state index in [0.717, 1.165) is 26.4 Å². The lowest BCUT2D eigenvalue weighted by molar-refractivity contribution is 0.171. The molecular formula is C18H14N4O3S2. The highest BCUT2D eigenvalue weighted by Gasteiger charge is 2.16. The number of fused-ring (bicyclic) bond motifs is 2. The number of nitrogens with zero attached hydrogens (tertiary/aromatic N) is 3. The molecule has 0 bridgehead atoms. The Balaban J connectivity index is 1.41. The van der Waals surface area contributed by atoms with Crippen molar-refractivity contribution in [2.24, 2.45) is 0 Å². The molecule has 1 N–H and O–H groups in total. The highest BCUT2D eigenvalue weighted by atomic mass is 32.2. The van der Waals surface area contributed by atoms with Crippen molar-refractivity contribution in [3.8, 4) is 23.0 Å². The average Bonchev–Trinajstić information content (AvgIpc) is 3.34. The Kier molecular flexibility index (Phi) is 4.10. The van der Waals surface area contributed by atoms with Gasteiger partial charge in [0.2, 0.25) is 5.89 Å². The molecule has 0 saturated carbocycles. The Morgan fingerprint density at radius 2 is 1.96 bits per heavy atom. The van der Waals surface area contributed by atoms with Crippen LogP contribution in [-0.4, -0.2) is 34.7 Å². The van der Waals surface area contributed by atoms with Crippen LogP contribution in [0, 0.1) is 0 Å². The van der Waals surface area contributed by atoms with Crippen LogP contribution in [0.4, 0.5) is 11.1 Å². The van der Waals surface area contributed by atoms with Crippen LogP contribution < -0.4 is 14.8 Å². The lowest BCUT2D eigenvalue weighted by Crippen LogP contribution is -2.15. The molecule has 27 heavy (non-hydrogen) atoms. The Morgan fingerprint density at radius 3 is 2.85 bits per heavy atom. The monoisotopic (exact) mass is 398 g/mol. The van der Waals surface area contributed by atoms with Gasteiger partial charge in [-0.2, -0.15) is 0 Å². The average molecular weight is 398 g/mol. The first-order valence-corrected chi connectivity index (χ1v) is 10.3. The summed E-state index contributed by atoms with van der Waals surface area (Å²) in [5.74, 6) is 1.81. The van der Waals surface area contributed by atoms with Gasteiger partial charge in [0.1, 0.15) is 13.2 Å². The maximum Gasteiger partial charge on any atom is 0.322 e. The van der Waals surface area contributed by atoms with E-state index in [0.29, 0.717) is 36.0 Å². The molecule has 5 rings (SSSR count). The number of aromatic nitrogens is 3. The lowest BCUT2D eigenvalue weighted by atomic mass is 10.2. The predicted octanol–water partition coefficient (Wildman–Crippen LogP) is 4.58. The van der Waals surface area contributed by atoms with E-state index in [1.807, 2.05) is 36.6 Å². The van der Waals surface area contributed by atoms with Gasteiger partial charge >= 0.3 is 6.01 Å². The van der Waals surface area contributed by atoms with Gasteiger partial charge in [-0.05, 0) is 36.6 Å². The first-order valence-electron chi connectivity index (χ1n) is 8.24. The van der Waals surface area contributed by atoms with Gasteiger partial charge in [-0.15, -0.1) is 16.9 Å². The molecule has 0 spiro atoms. The number of benzene rings is 2. The van der Waals surface area contributed by atoms with Crippen LogP contribution in [0.1, 0.15) is 0 Å². The molecule has 0 radical (unpaired) electrons. The summed E-state index contributed by atoms with van der Waals surface area (Å²) >= 11 is 3.22. The summed E-state index contributed by atoms with van der Waals surface area (Å²) in [5.41, 5.74) is 1.75. The van der Waals surface area contributed by atoms with E-state index in [-0.39, 0.29) is 0 Å². The first kappa shape index (κ1) is 16.4. The fourth-order valence-electron chi connectivity index (χ4n) is 2.80. The van der Waals surface area contributed by atoms with Crippen molar-refractivity contribution in [1.29, 1.82) is 0 Å². The number of para-hydroxylation sites is 1. The summed E-state index contributed by atoms with van der Waals surface area (Å²) in [6.45, 7) is 1.09. The summed E-state index contributed by atoms with van der Waals surface area (Å²) in [4.78, 5) is 5.78. The van der Waals surface area contributed by atoms with Gasteiger partial charge in [0, 0.05) is 10.5 Å². The zero-order valence-electron chi connectivity index (χ0n) is 14.3. The minimum absolute atomic E-state index is 0.296. The number of nitrogens with one attached hydrogen (secondary N) is 1. The maximum absolute atomic E-state index is 5.75. The summed E-state index contributed by atoms with van der Waals surface area (Å²) in [5, 5.41) is 12.0. The third kappa shape index (κ3) is 3.08. The highest BCUT2D eigenvalue weighted by molar-refractivity contribution is 7.98. The molecule has 0 unspecified atom stereocenters. The van der Waals surface area contributed by atoms with Crippen molar-refractivity contribution >= 4 is 44.5 Å². The molecule has 0 fully saturated rings. The second kappa shape index (κ2) is 6.75. The molecule has 3 heterocycles. The van der Waals surface area contributed by atoms with Crippen molar-refractivity contribution in [2.75, 3.05) is 24.8 Å². The molecule has 2 aromatic heterocycles. The minimum Gasteiger partial charge on any atom is -0.486 e. The van der Waals surface area contributed by atoms with Gasteiger partial charge < -0.3 is 13.9 Å². The fourth-order valence-corrected chi connectivity index (χ4v) is 4.31. The van der Waals surface area contributed by atoms with E-state index in [1.165, 1.54) is 0 Å². The number of rotatable bonds is 4. The Bertz CT molecular complexity index is 1120. The second-order valence-electron chi connectivity index (χ2n) is 5.72. The van der Waals surface area contributed by atoms with Gasteiger partial charge in [0.15, 0.2) is 16.6 Å². The van der Waals surface area contributed by atoms with E-state index < -0.39 is 0 Å². The number of anilines is 2. The van der Waals surface area contributed by atoms with E-state index in [4.69, 9.17) is 13.9 Å². The molecule has 1 aliphatic rings.